The SMILES string of the molecule is CN(C)c1ccc(O)c2c1C[C@H]1C[C@H]3[C@H](N(C)C)C(=O)C(C(N)=O)=C(O)[C@@]3(O)C(=O)C1=C2O.[CaH2]. The number of aromatic hydroxyl groups is 1. The van der Waals surface area contributed by atoms with Gasteiger partial charge in [-0.05, 0) is 50.6 Å². The van der Waals surface area contributed by atoms with E-state index in [1.807, 2.05) is 19.0 Å². The summed E-state index contributed by atoms with van der Waals surface area (Å²) in [5.74, 6) is -6.54. The number of fused-ring (bicyclic) bond motifs is 3. The molecule has 4 rings (SSSR count). The van der Waals surface area contributed by atoms with E-state index >= 15 is 0 Å². The minimum atomic E-state index is -2.63. The summed E-state index contributed by atoms with van der Waals surface area (Å²) < 4.78 is 0. The number of hydrogen-bond donors (Lipinski definition) is 5. The zero-order valence-electron chi connectivity index (χ0n) is 18.8. The molecule has 1 aromatic carbocycles. The van der Waals surface area contributed by atoms with Crippen LogP contribution in [0, 0.1) is 11.8 Å². The van der Waals surface area contributed by atoms with Crippen molar-refractivity contribution in [1.29, 1.82) is 0 Å². The van der Waals surface area contributed by atoms with Gasteiger partial charge < -0.3 is 31.1 Å². The van der Waals surface area contributed by atoms with E-state index in [9.17, 15) is 34.8 Å². The van der Waals surface area contributed by atoms with Crippen LogP contribution in [0.1, 0.15) is 17.5 Å². The van der Waals surface area contributed by atoms with Crippen molar-refractivity contribution in [2.24, 2.45) is 17.6 Å². The van der Waals surface area contributed by atoms with Crippen molar-refractivity contribution in [3.63, 3.8) is 0 Å². The Balaban J connectivity index is 0.00000324. The molecule has 0 aliphatic heterocycles. The molecular weight excluding hydrogens is 470 g/mol. The molecule has 10 nitrogen and oxygen atoms in total. The zero-order chi connectivity index (χ0) is 24.6. The second kappa shape index (κ2) is 8.83. The number of primary amides is 1. The third kappa shape index (κ3) is 3.46. The number of anilines is 1. The van der Waals surface area contributed by atoms with Crippen LogP contribution >= 0.6 is 0 Å². The molecule has 0 heterocycles. The second-order valence-electron chi connectivity index (χ2n) is 9.31. The quantitative estimate of drug-likeness (QED) is 0.262. The molecule has 0 spiro atoms. The van der Waals surface area contributed by atoms with Gasteiger partial charge in [-0.2, -0.15) is 0 Å². The van der Waals surface area contributed by atoms with Gasteiger partial charge in [0.25, 0.3) is 5.91 Å². The number of ketones is 2. The van der Waals surface area contributed by atoms with Gasteiger partial charge in [-0.1, -0.05) is 0 Å². The zero-order valence-corrected chi connectivity index (χ0v) is 18.8. The molecule has 4 atom stereocenters. The number of aliphatic hydroxyl groups is 3. The van der Waals surface area contributed by atoms with Crippen molar-refractivity contribution in [1.82, 2.24) is 4.90 Å². The molecule has 180 valence electrons. The summed E-state index contributed by atoms with van der Waals surface area (Å²) in [5.41, 5.74) is 3.15. The Hall–Kier alpha value is -2.11. The summed E-state index contributed by atoms with van der Waals surface area (Å²) in [5, 5.41) is 43.9. The van der Waals surface area contributed by atoms with Gasteiger partial charge in [0.15, 0.2) is 11.4 Å². The van der Waals surface area contributed by atoms with Crippen molar-refractivity contribution >= 4 is 66.7 Å². The van der Waals surface area contributed by atoms with Gasteiger partial charge in [0.1, 0.15) is 22.8 Å². The fourth-order valence-corrected chi connectivity index (χ4v) is 5.65. The Morgan fingerprint density at radius 2 is 1.74 bits per heavy atom. The van der Waals surface area contributed by atoms with E-state index in [2.05, 4.69) is 0 Å². The van der Waals surface area contributed by atoms with Crippen LogP contribution in [0.2, 0.25) is 0 Å². The van der Waals surface area contributed by atoms with E-state index in [0.717, 1.165) is 5.69 Å². The van der Waals surface area contributed by atoms with Crippen molar-refractivity contribution in [3.05, 3.63) is 40.2 Å². The minimum absolute atomic E-state index is 0. The molecule has 1 saturated carbocycles. The summed E-state index contributed by atoms with van der Waals surface area (Å²) in [6.07, 6.45) is 0.324. The Kier molecular flexibility index (Phi) is 6.88. The molecule has 11 heteroatoms. The van der Waals surface area contributed by atoms with Gasteiger partial charge in [0.05, 0.1) is 11.6 Å². The summed E-state index contributed by atoms with van der Waals surface area (Å²) in [4.78, 5) is 42.0. The number of carbonyl (C=O) groups is 3. The first kappa shape index (κ1) is 26.5. The third-order valence-electron chi connectivity index (χ3n) is 7.06. The monoisotopic (exact) mass is 499 g/mol. The Morgan fingerprint density at radius 1 is 1.12 bits per heavy atom. The average Bonchev–Trinajstić information content (AvgIpc) is 2.70. The van der Waals surface area contributed by atoms with Crippen LogP contribution in [0.15, 0.2) is 29.0 Å². The van der Waals surface area contributed by atoms with Crippen LogP contribution in [0.3, 0.4) is 0 Å². The van der Waals surface area contributed by atoms with Gasteiger partial charge in [-0.15, -0.1) is 0 Å². The molecule has 0 unspecified atom stereocenters. The molecule has 0 bridgehead atoms. The number of likely N-dealkylation sites (N-methyl/N-ethyl adjacent to an activating group) is 1. The van der Waals surface area contributed by atoms with E-state index in [1.165, 1.54) is 11.0 Å². The number of nitrogens with two attached hydrogens (primary N) is 1. The van der Waals surface area contributed by atoms with Gasteiger partial charge in [-0.3, -0.25) is 19.3 Å². The van der Waals surface area contributed by atoms with E-state index < -0.39 is 58.0 Å². The van der Waals surface area contributed by atoms with E-state index in [-0.39, 0.29) is 67.5 Å². The van der Waals surface area contributed by atoms with Crippen LogP contribution < -0.4 is 10.6 Å². The predicted molar refractivity (Wildman–Crippen MR) is 127 cm³/mol. The number of carbonyl (C=O) groups excluding carboxylic acids is 3. The van der Waals surface area contributed by atoms with Gasteiger partial charge in [-0.25, -0.2) is 0 Å². The number of amides is 1. The first-order chi connectivity index (χ1) is 15.3. The normalized spacial score (nSPS) is 28.2. The van der Waals surface area contributed by atoms with Crippen LogP contribution in [0.5, 0.6) is 5.75 Å². The molecule has 3 aliphatic carbocycles. The number of Topliss-reactive ketones (excluding diaryl/α,β-unsaturated/α-hetero) is 2. The van der Waals surface area contributed by atoms with Gasteiger partial charge in [0, 0.05) is 31.3 Å². The molecule has 6 N–H and O–H groups in total. The molecule has 3 aliphatic rings. The Morgan fingerprint density at radius 3 is 2.26 bits per heavy atom. The Labute approximate surface area is 226 Å². The van der Waals surface area contributed by atoms with Crippen LogP contribution in [0.25, 0.3) is 5.76 Å². The van der Waals surface area contributed by atoms with Gasteiger partial charge >= 0.3 is 37.7 Å². The molecule has 1 amide bonds. The number of benzene rings is 1. The molecule has 1 aromatic rings. The second-order valence-corrected chi connectivity index (χ2v) is 9.31. The molecular formula is C23H29CaN3O7. The van der Waals surface area contributed by atoms with Crippen molar-refractivity contribution in [3.8, 4) is 5.75 Å². The van der Waals surface area contributed by atoms with Crippen LogP contribution in [0.4, 0.5) is 5.69 Å². The fraction of sp³-hybridized carbons (Fsp3) is 0.435. The summed E-state index contributed by atoms with van der Waals surface area (Å²) >= 11 is 0. The van der Waals surface area contributed by atoms with Crippen molar-refractivity contribution in [2.45, 2.75) is 24.5 Å². The fourth-order valence-electron chi connectivity index (χ4n) is 5.65. The number of aliphatic hydroxyl groups excluding tert-OH is 2. The van der Waals surface area contributed by atoms with Crippen LogP contribution in [-0.2, 0) is 20.8 Å². The number of phenolic OH excluding ortho intramolecular Hbond substituents is 1. The van der Waals surface area contributed by atoms with Crippen molar-refractivity contribution < 1.29 is 34.8 Å². The van der Waals surface area contributed by atoms with Crippen molar-refractivity contribution in [2.75, 3.05) is 33.1 Å². The number of phenols is 1. The Bertz CT molecular complexity index is 1170. The average molecular weight is 500 g/mol. The molecule has 34 heavy (non-hydrogen) atoms. The maximum atomic E-state index is 13.7. The van der Waals surface area contributed by atoms with E-state index in [1.54, 1.807) is 20.2 Å². The molecule has 1 fully saturated rings. The molecule has 0 radical (unpaired) electrons. The third-order valence-corrected chi connectivity index (χ3v) is 7.06. The number of nitrogens with zero attached hydrogens (tertiary/aromatic N) is 2. The summed E-state index contributed by atoms with van der Waals surface area (Å²) in [6, 6.07) is 2.01. The van der Waals surface area contributed by atoms with E-state index in [0.29, 0.717) is 5.56 Å². The first-order valence-corrected chi connectivity index (χ1v) is 10.5. The number of rotatable bonds is 3. The van der Waals surface area contributed by atoms with Crippen LogP contribution in [-0.4, -0.2) is 120 Å². The molecule has 0 saturated heterocycles. The summed E-state index contributed by atoms with van der Waals surface area (Å²) in [7, 11) is 6.75. The maximum absolute atomic E-state index is 13.7. The topological polar surface area (TPSA) is 165 Å². The number of hydrogen-bond acceptors (Lipinski definition) is 9. The van der Waals surface area contributed by atoms with Gasteiger partial charge in [0.2, 0.25) is 5.78 Å². The molecule has 0 aromatic heterocycles. The summed E-state index contributed by atoms with van der Waals surface area (Å²) in [6.45, 7) is 0. The standard InChI is InChI=1S/C23H27N3O7.Ca.2H/c1-25(2)12-5-6-13(27)15-10(12)7-9-8-11-17(26(3)4)19(29)16(22(24)32)21(31)23(11,33)20(30)14(9)18(15)28;;;/h5-6,9,11,17,27-28,31,33H,7-8H2,1-4H3,(H2,24,32);;;/t9-,11-,17-,23-;;;/m0.../s1. The van der Waals surface area contributed by atoms with E-state index in [4.69, 9.17) is 5.73 Å². The predicted octanol–water partition coefficient (Wildman–Crippen LogP) is -0.886. The first-order valence-electron chi connectivity index (χ1n) is 10.5.